The predicted octanol–water partition coefficient (Wildman–Crippen LogP) is 11.0. The number of thiophene rings is 4. The molecule has 7 aromatic rings. The van der Waals surface area contributed by atoms with E-state index in [0.29, 0.717) is 48.5 Å². The van der Waals surface area contributed by atoms with Crippen LogP contribution in [-0.4, -0.2) is 35.1 Å². The lowest BCUT2D eigenvalue weighted by Crippen LogP contribution is -2.46. The van der Waals surface area contributed by atoms with E-state index in [4.69, 9.17) is 9.47 Å². The lowest BCUT2D eigenvalue weighted by molar-refractivity contribution is -0.164. The van der Waals surface area contributed by atoms with Gasteiger partial charge in [-0.1, -0.05) is 110 Å². The number of ketones is 4. The Bertz CT molecular complexity index is 3270. The number of Topliss-reactive ketones (excluding diaryl/α,β-unsaturated/α-hetero) is 4. The number of carbonyl (C=O) groups excluding carboxylic acids is 6. The lowest BCUT2D eigenvalue weighted by Gasteiger charge is -2.28. The highest BCUT2D eigenvalue weighted by Gasteiger charge is 2.59. The Morgan fingerprint density at radius 2 is 1.19 bits per heavy atom. The summed E-state index contributed by atoms with van der Waals surface area (Å²) in [5.74, 6) is -4.31. The average Bonchev–Trinajstić information content (AvgIpc) is 4.14. The summed E-state index contributed by atoms with van der Waals surface area (Å²) in [6, 6.07) is 27.2. The van der Waals surface area contributed by atoms with Crippen LogP contribution in [-0.2, 0) is 52.1 Å². The van der Waals surface area contributed by atoms with Crippen LogP contribution in [0.15, 0.2) is 144 Å². The Hall–Kier alpha value is -6.70. The molecule has 4 heterocycles. The number of ether oxygens (including phenoxy) is 2. The van der Waals surface area contributed by atoms with Crippen LogP contribution in [0.1, 0.15) is 49.3 Å². The first-order valence-corrected chi connectivity index (χ1v) is 22.7. The number of hydrogen-bond donors (Lipinski definition) is 0. The van der Waals surface area contributed by atoms with Crippen molar-refractivity contribution < 1.29 is 38.2 Å². The van der Waals surface area contributed by atoms with E-state index in [9.17, 15) is 19.2 Å². The van der Waals surface area contributed by atoms with E-state index in [2.05, 4.69) is 6.58 Å². The van der Waals surface area contributed by atoms with E-state index in [0.717, 1.165) is 28.4 Å². The number of allylic oxidation sites excluding steroid dienone is 8. The van der Waals surface area contributed by atoms with Crippen LogP contribution in [0.25, 0.3) is 45.9 Å². The van der Waals surface area contributed by atoms with Gasteiger partial charge in [-0.25, -0.2) is 0 Å². The first-order valence-electron chi connectivity index (χ1n) is 19.4. The van der Waals surface area contributed by atoms with Crippen LogP contribution >= 0.6 is 45.3 Å². The molecule has 62 heavy (non-hydrogen) atoms. The molecule has 4 aromatic heterocycles. The van der Waals surface area contributed by atoms with Crippen molar-refractivity contribution in [1.82, 2.24) is 0 Å². The number of hydrogen-bond acceptors (Lipinski definition) is 12. The summed E-state index contributed by atoms with van der Waals surface area (Å²) < 4.78 is 17.7. The molecule has 3 aliphatic rings. The van der Waals surface area contributed by atoms with Gasteiger partial charge in [0.2, 0.25) is 28.5 Å². The first kappa shape index (κ1) is 39.4. The summed E-state index contributed by atoms with van der Waals surface area (Å²) in [6.07, 6.45) is 9.53. The molecule has 0 bridgehead atoms. The maximum atomic E-state index is 15.2. The molecule has 0 radical (unpaired) electrons. The molecular formula is C50H30O8S4. The lowest BCUT2D eigenvalue weighted by atomic mass is 9.76. The van der Waals surface area contributed by atoms with Gasteiger partial charge in [-0.3, -0.25) is 28.8 Å². The van der Waals surface area contributed by atoms with Gasteiger partial charge in [0, 0.05) is 42.3 Å². The largest absolute Gasteiger partial charge is 0.459 e. The third kappa shape index (κ3) is 6.04. The molecule has 0 unspecified atom stereocenters. The van der Waals surface area contributed by atoms with Crippen molar-refractivity contribution in [3.63, 3.8) is 0 Å². The van der Waals surface area contributed by atoms with Crippen LogP contribution in [0.3, 0.4) is 0 Å². The maximum absolute atomic E-state index is 15.2. The standard InChI is InChI=1S/C50H30O8S4/c1-3-13-32-30(4-2)34(41(53)39(32)51)20-28-21-36-38(50(28,48(55)57-24-26-14-7-5-8-15-26)49(56)58-25-27-16-9-6-10-17-27)44-46(60-36)47-45(62-44)43-37(61-47)23-29(59-43)22-35-31-18-11-12-19-33(31)40(52)42(35)54/h3-23H,1,24-25H2,2H3/b30-4+,32-13+,34-20-,35-22-. The molecule has 8 nitrogen and oxygen atoms in total. The van der Waals surface area contributed by atoms with E-state index < -0.39 is 40.5 Å². The zero-order valence-corrected chi connectivity index (χ0v) is 35.9. The van der Waals surface area contributed by atoms with Gasteiger partial charge in [0.15, 0.2) is 0 Å². The molecule has 0 saturated heterocycles. The molecule has 3 aromatic carbocycles. The van der Waals surface area contributed by atoms with Crippen molar-refractivity contribution in [2.24, 2.45) is 0 Å². The second-order valence-corrected chi connectivity index (χ2v) is 18.9. The van der Waals surface area contributed by atoms with E-state index in [1.807, 2.05) is 66.7 Å². The summed E-state index contributed by atoms with van der Waals surface area (Å²) in [4.78, 5) is 84.7. The molecule has 0 spiro atoms. The van der Waals surface area contributed by atoms with Gasteiger partial charge in [-0.15, -0.1) is 45.3 Å². The summed E-state index contributed by atoms with van der Waals surface area (Å²) in [6.45, 7) is 5.14. The highest BCUT2D eigenvalue weighted by Crippen LogP contribution is 2.58. The molecule has 12 heteroatoms. The number of fused-ring (bicyclic) bond motifs is 8. The first-order chi connectivity index (χ1) is 30.1. The smallest absolute Gasteiger partial charge is 0.333 e. The Kier molecular flexibility index (Phi) is 9.75. The van der Waals surface area contributed by atoms with Crippen molar-refractivity contribution >= 4 is 126 Å². The second-order valence-electron chi connectivity index (χ2n) is 14.7. The minimum Gasteiger partial charge on any atom is -0.459 e. The fourth-order valence-corrected chi connectivity index (χ4v) is 14.2. The molecule has 0 N–H and O–H groups in total. The van der Waals surface area contributed by atoms with Crippen LogP contribution in [0.2, 0.25) is 0 Å². The van der Waals surface area contributed by atoms with Crippen LogP contribution < -0.4 is 0 Å². The van der Waals surface area contributed by atoms with Gasteiger partial charge in [-0.2, -0.15) is 0 Å². The molecule has 10 rings (SSSR count). The minimum absolute atomic E-state index is 0.0403. The van der Waals surface area contributed by atoms with Crippen LogP contribution in [0, 0.1) is 0 Å². The number of benzene rings is 3. The molecule has 0 amide bonds. The fraction of sp³-hybridized carbons (Fsp3) is 0.0800. The highest BCUT2D eigenvalue weighted by atomic mass is 32.1. The van der Waals surface area contributed by atoms with Crippen molar-refractivity contribution in [3.8, 4) is 0 Å². The Balaban J connectivity index is 1.16. The molecule has 1 fully saturated rings. The van der Waals surface area contributed by atoms with Gasteiger partial charge in [0.1, 0.15) is 13.2 Å². The molecule has 302 valence electrons. The Labute approximate surface area is 369 Å². The van der Waals surface area contributed by atoms with E-state index in [1.54, 1.807) is 60.8 Å². The van der Waals surface area contributed by atoms with Crippen LogP contribution in [0.4, 0.5) is 0 Å². The van der Waals surface area contributed by atoms with E-state index in [-0.39, 0.29) is 29.9 Å². The van der Waals surface area contributed by atoms with Crippen molar-refractivity contribution in [3.05, 3.63) is 182 Å². The summed E-state index contributed by atoms with van der Waals surface area (Å²) in [7, 11) is 0. The van der Waals surface area contributed by atoms with Crippen molar-refractivity contribution in [2.45, 2.75) is 25.6 Å². The summed E-state index contributed by atoms with van der Waals surface area (Å²) >= 11 is 5.94. The average molecular weight is 887 g/mol. The SMILES string of the molecule is C=C/C=C1/C(=O)C(=O)C(=C\C2=Cc3sc4c(sc5c6sc(/C=C7\C(=O)C(=O)c8ccccc87)cc6sc45)c3C2(C(=O)OCc2ccccc2)C(=O)OCc2ccccc2)/C1=C/C. The zero-order chi connectivity index (χ0) is 42.9. The van der Waals surface area contributed by atoms with E-state index >= 15 is 9.59 Å². The van der Waals surface area contributed by atoms with Gasteiger partial charge in [-0.05, 0) is 59.1 Å². The van der Waals surface area contributed by atoms with Crippen LogP contribution in [0.5, 0.6) is 0 Å². The third-order valence-electron chi connectivity index (χ3n) is 11.1. The topological polar surface area (TPSA) is 121 Å². The number of carbonyl (C=O) groups is 6. The normalized spacial score (nSPS) is 18.2. The molecular weight excluding hydrogens is 857 g/mol. The Morgan fingerprint density at radius 3 is 1.84 bits per heavy atom. The Morgan fingerprint density at radius 1 is 0.613 bits per heavy atom. The predicted molar refractivity (Wildman–Crippen MR) is 246 cm³/mol. The fourth-order valence-electron chi connectivity index (χ4n) is 8.26. The second kappa shape index (κ2) is 15.3. The van der Waals surface area contributed by atoms with Gasteiger partial charge in [0.05, 0.1) is 23.5 Å². The van der Waals surface area contributed by atoms with Gasteiger partial charge < -0.3 is 9.47 Å². The zero-order valence-electron chi connectivity index (χ0n) is 32.6. The molecule has 3 aliphatic carbocycles. The number of rotatable bonds is 9. The van der Waals surface area contributed by atoms with E-state index in [1.165, 1.54) is 52.2 Å². The van der Waals surface area contributed by atoms with Crippen molar-refractivity contribution in [2.75, 3.05) is 0 Å². The third-order valence-corrected chi connectivity index (χ3v) is 16.4. The summed E-state index contributed by atoms with van der Waals surface area (Å²) in [5.41, 5.74) is 1.69. The summed E-state index contributed by atoms with van der Waals surface area (Å²) in [5, 5.41) is 0. The maximum Gasteiger partial charge on any atom is 0.333 e. The quantitative estimate of drug-likeness (QED) is 0.0608. The van der Waals surface area contributed by atoms with Gasteiger partial charge in [0.25, 0.3) is 0 Å². The highest BCUT2D eigenvalue weighted by molar-refractivity contribution is 7.44. The van der Waals surface area contributed by atoms with Crippen molar-refractivity contribution in [1.29, 1.82) is 0 Å². The number of esters is 2. The van der Waals surface area contributed by atoms with Gasteiger partial charge >= 0.3 is 11.9 Å². The monoisotopic (exact) mass is 886 g/mol. The molecule has 0 aliphatic heterocycles. The molecule has 0 atom stereocenters. The molecule has 1 saturated carbocycles. The minimum atomic E-state index is -2.20.